The number of hydrogen-bond acceptors (Lipinski definition) is 6. The monoisotopic (exact) mass is 441 g/mol. The Morgan fingerprint density at radius 2 is 1.71 bits per heavy atom. The lowest BCUT2D eigenvalue weighted by atomic mass is 9.83. The molecule has 0 aliphatic carbocycles. The fraction of sp³-hybridized carbons (Fsp3) is 0.333. The molecular weight excluding hydrogens is 414 g/mol. The second kappa shape index (κ2) is 8.67. The lowest BCUT2D eigenvalue weighted by molar-refractivity contribution is -0.146. The molecule has 0 saturated heterocycles. The minimum absolute atomic E-state index is 0.165. The van der Waals surface area contributed by atoms with Crippen LogP contribution in [-0.2, 0) is 29.6 Å². The zero-order chi connectivity index (χ0) is 22.8. The summed E-state index contributed by atoms with van der Waals surface area (Å²) in [5.41, 5.74) is 3.56. The smallest absolute Gasteiger partial charge is 0.307 e. The minimum Gasteiger partial charge on any atom is -0.457 e. The Kier molecular flexibility index (Phi) is 6.36. The van der Waals surface area contributed by atoms with E-state index in [1.807, 2.05) is 57.0 Å². The molecule has 1 heterocycles. The van der Waals surface area contributed by atoms with Gasteiger partial charge in [0.15, 0.2) is 22.2 Å². The van der Waals surface area contributed by atoms with Crippen molar-refractivity contribution in [3.05, 3.63) is 71.4 Å². The molecule has 0 spiro atoms. The van der Waals surface area contributed by atoms with Gasteiger partial charge in [-0.1, -0.05) is 49.7 Å². The summed E-state index contributed by atoms with van der Waals surface area (Å²) >= 11 is 0. The quantitative estimate of drug-likeness (QED) is 0.483. The zero-order valence-electron chi connectivity index (χ0n) is 18.2. The number of esters is 1. The van der Waals surface area contributed by atoms with Gasteiger partial charge >= 0.3 is 5.97 Å². The Labute approximate surface area is 183 Å². The summed E-state index contributed by atoms with van der Waals surface area (Å²) in [5, 5.41) is 0. The highest BCUT2D eigenvalue weighted by molar-refractivity contribution is 7.91. The number of carbonyl (C=O) groups is 2. The number of sulfone groups is 1. The third-order valence-corrected chi connectivity index (χ3v) is 7.30. The number of hydrogen-bond donors (Lipinski definition) is 0. The summed E-state index contributed by atoms with van der Waals surface area (Å²) in [6.45, 7) is 5.52. The van der Waals surface area contributed by atoms with Crippen molar-refractivity contribution in [2.24, 2.45) is 0 Å². The molecule has 0 bridgehead atoms. The normalized spacial score (nSPS) is 16.3. The summed E-state index contributed by atoms with van der Waals surface area (Å²) in [5.74, 6) is -1.43. The fourth-order valence-electron chi connectivity index (χ4n) is 3.76. The van der Waals surface area contributed by atoms with Crippen LogP contribution in [0.5, 0.6) is 0 Å². The van der Waals surface area contributed by atoms with Crippen LogP contribution in [0.15, 0.2) is 65.2 Å². The molecule has 1 aliphatic heterocycles. The van der Waals surface area contributed by atoms with Crippen molar-refractivity contribution in [1.82, 2.24) is 0 Å². The third kappa shape index (κ3) is 4.88. The second-order valence-corrected chi connectivity index (χ2v) is 10.3. The van der Waals surface area contributed by atoms with E-state index < -0.39 is 22.4 Å². The van der Waals surface area contributed by atoms with E-state index in [0.29, 0.717) is 0 Å². The Balaban J connectivity index is 1.57. The van der Waals surface area contributed by atoms with Crippen molar-refractivity contribution in [3.8, 4) is 0 Å². The van der Waals surface area contributed by atoms with Crippen LogP contribution in [0.4, 0.5) is 5.69 Å². The number of carbonyl (C=O) groups excluding carboxylic acids is 2. The summed E-state index contributed by atoms with van der Waals surface area (Å²) in [4.78, 5) is 26.6. The molecule has 0 unspecified atom stereocenters. The summed E-state index contributed by atoms with van der Waals surface area (Å²) in [6, 6.07) is 14.4. The molecule has 0 amide bonds. The van der Waals surface area contributed by atoms with Gasteiger partial charge in [0, 0.05) is 29.9 Å². The highest BCUT2D eigenvalue weighted by atomic mass is 32.2. The number of nitrogens with zero attached hydrogens (tertiary/aromatic N) is 1. The van der Waals surface area contributed by atoms with Crippen LogP contribution in [0.2, 0.25) is 0 Å². The highest BCUT2D eigenvalue weighted by Gasteiger charge is 2.38. The second-order valence-electron chi connectivity index (χ2n) is 8.24. The first kappa shape index (κ1) is 22.7. The van der Waals surface area contributed by atoms with Gasteiger partial charge in [-0.15, -0.1) is 0 Å². The lowest BCUT2D eigenvalue weighted by Crippen LogP contribution is -2.25. The van der Waals surface area contributed by atoms with Crippen LogP contribution >= 0.6 is 0 Å². The first-order valence-electron chi connectivity index (χ1n) is 10.1. The molecular formula is C24H27NO5S. The molecule has 0 fully saturated rings. The predicted molar refractivity (Wildman–Crippen MR) is 120 cm³/mol. The number of likely N-dealkylation sites (N-methyl/N-ethyl adjacent to an activating group) is 1. The molecule has 164 valence electrons. The van der Waals surface area contributed by atoms with E-state index in [-0.39, 0.29) is 28.3 Å². The number of allylic oxidation sites excluding steroid dienone is 1. The maximum atomic E-state index is 12.4. The first-order valence-corrected chi connectivity index (χ1v) is 11.7. The average Bonchev–Trinajstić information content (AvgIpc) is 2.92. The van der Waals surface area contributed by atoms with Gasteiger partial charge in [0.1, 0.15) is 0 Å². The summed E-state index contributed by atoms with van der Waals surface area (Å²) in [6.07, 6.45) is 1.19. The van der Waals surface area contributed by atoms with Crippen LogP contribution in [0.3, 0.4) is 0 Å². The Bertz CT molecular complexity index is 1130. The van der Waals surface area contributed by atoms with Crippen LogP contribution in [0.25, 0.3) is 0 Å². The Morgan fingerprint density at radius 1 is 1.06 bits per heavy atom. The Hall–Kier alpha value is -2.93. The number of aryl methyl sites for hydroxylation is 1. The fourth-order valence-corrected chi connectivity index (χ4v) is 4.98. The number of anilines is 1. The van der Waals surface area contributed by atoms with Crippen LogP contribution in [0, 0.1) is 6.92 Å². The predicted octanol–water partition coefficient (Wildman–Crippen LogP) is 3.58. The van der Waals surface area contributed by atoms with Crippen molar-refractivity contribution in [2.45, 2.75) is 37.5 Å². The number of fused-ring (bicyclic) bond motifs is 1. The van der Waals surface area contributed by atoms with E-state index in [1.165, 1.54) is 18.2 Å². The Morgan fingerprint density at radius 3 is 2.35 bits per heavy atom. The van der Waals surface area contributed by atoms with Gasteiger partial charge in [0.05, 0.1) is 17.1 Å². The highest BCUT2D eigenvalue weighted by Crippen LogP contribution is 2.46. The number of benzene rings is 2. The van der Waals surface area contributed by atoms with Crippen LogP contribution < -0.4 is 4.90 Å². The van der Waals surface area contributed by atoms with Gasteiger partial charge in [-0.25, -0.2) is 8.42 Å². The third-order valence-electron chi connectivity index (χ3n) is 5.57. The van der Waals surface area contributed by atoms with E-state index in [0.717, 1.165) is 22.5 Å². The van der Waals surface area contributed by atoms with E-state index in [4.69, 9.17) is 4.74 Å². The minimum atomic E-state index is -3.59. The van der Waals surface area contributed by atoms with Crippen molar-refractivity contribution in [2.75, 3.05) is 24.3 Å². The summed E-state index contributed by atoms with van der Waals surface area (Å²) < 4.78 is 29.7. The molecule has 31 heavy (non-hydrogen) atoms. The molecule has 0 saturated carbocycles. The van der Waals surface area contributed by atoms with Gasteiger partial charge in [0.2, 0.25) is 0 Å². The van der Waals surface area contributed by atoms with Crippen molar-refractivity contribution in [1.29, 1.82) is 0 Å². The van der Waals surface area contributed by atoms with E-state index in [2.05, 4.69) is 0 Å². The average molecular weight is 442 g/mol. The molecule has 3 rings (SSSR count). The zero-order valence-corrected chi connectivity index (χ0v) is 19.0. The molecule has 0 atom stereocenters. The molecule has 1 aliphatic rings. The molecule has 0 radical (unpaired) electrons. The molecule has 2 aromatic rings. The number of rotatable bonds is 7. The van der Waals surface area contributed by atoms with Crippen molar-refractivity contribution >= 4 is 27.3 Å². The van der Waals surface area contributed by atoms with Gasteiger partial charge in [-0.2, -0.15) is 0 Å². The lowest BCUT2D eigenvalue weighted by Gasteiger charge is -2.23. The number of ether oxygens (including phenoxy) is 1. The maximum Gasteiger partial charge on any atom is 0.307 e. The van der Waals surface area contributed by atoms with E-state index in [9.17, 15) is 18.0 Å². The van der Waals surface area contributed by atoms with Crippen molar-refractivity contribution < 1.29 is 22.7 Å². The van der Waals surface area contributed by atoms with E-state index >= 15 is 0 Å². The van der Waals surface area contributed by atoms with E-state index in [1.54, 1.807) is 12.1 Å². The SMILES string of the molecule is Cc1ccc(S(=O)(=O)CCC(=O)OCC(=O)C=C2N(C)c3ccccc3C2(C)C)cc1. The largest absolute Gasteiger partial charge is 0.457 e. The van der Waals surface area contributed by atoms with Crippen molar-refractivity contribution in [3.63, 3.8) is 0 Å². The topological polar surface area (TPSA) is 80.7 Å². The summed E-state index contributed by atoms with van der Waals surface area (Å²) in [7, 11) is -1.69. The number of ketones is 1. The van der Waals surface area contributed by atoms with Crippen LogP contribution in [0.1, 0.15) is 31.4 Å². The molecule has 0 N–H and O–H groups in total. The standard InChI is InChI=1S/C24H27NO5S/c1-17-9-11-19(12-10-17)31(28,29)14-13-23(27)30-16-18(26)15-22-24(2,3)20-7-5-6-8-21(20)25(22)4/h5-12,15H,13-14,16H2,1-4H3. The molecule has 7 heteroatoms. The van der Waals surface area contributed by atoms with Gasteiger partial charge in [-0.05, 0) is 30.7 Å². The van der Waals surface area contributed by atoms with Gasteiger partial charge in [-0.3, -0.25) is 9.59 Å². The first-order chi connectivity index (χ1) is 14.5. The maximum absolute atomic E-state index is 12.4. The number of para-hydroxylation sites is 1. The van der Waals surface area contributed by atoms with Gasteiger partial charge in [0.25, 0.3) is 0 Å². The molecule has 0 aromatic heterocycles. The van der Waals surface area contributed by atoms with Crippen LogP contribution in [-0.4, -0.2) is 39.6 Å². The molecule has 6 nitrogen and oxygen atoms in total. The van der Waals surface area contributed by atoms with Gasteiger partial charge < -0.3 is 9.64 Å². The molecule has 2 aromatic carbocycles.